The maximum absolute atomic E-state index is 12.1. The highest BCUT2D eigenvalue weighted by atomic mass is 35.5. The summed E-state index contributed by atoms with van der Waals surface area (Å²) < 4.78 is 5.11. The van der Waals surface area contributed by atoms with E-state index in [4.69, 9.17) is 10.3 Å². The summed E-state index contributed by atoms with van der Waals surface area (Å²) in [6.45, 7) is 2.29. The Balaban J connectivity index is 0.00000200. The lowest BCUT2D eigenvalue weighted by Gasteiger charge is -2.21. The van der Waals surface area contributed by atoms with Gasteiger partial charge in [0.15, 0.2) is 0 Å². The number of halogens is 1. The fourth-order valence-corrected chi connectivity index (χ4v) is 1.65. The Morgan fingerprint density at radius 1 is 1.40 bits per heavy atom. The van der Waals surface area contributed by atoms with Crippen LogP contribution in [0.25, 0.3) is 11.3 Å². The van der Waals surface area contributed by atoms with Crippen molar-refractivity contribution in [1.29, 1.82) is 0 Å². The van der Waals surface area contributed by atoms with Gasteiger partial charge in [-0.25, -0.2) is 0 Å². The van der Waals surface area contributed by atoms with Crippen LogP contribution in [0.15, 0.2) is 40.9 Å². The summed E-state index contributed by atoms with van der Waals surface area (Å²) in [4.78, 5) is 13.7. The van der Waals surface area contributed by atoms with E-state index in [1.54, 1.807) is 18.0 Å². The lowest BCUT2D eigenvalue weighted by Crippen LogP contribution is -2.39. The highest BCUT2D eigenvalue weighted by molar-refractivity contribution is 5.92. The first-order valence-electron chi connectivity index (χ1n) is 6.13. The van der Waals surface area contributed by atoms with Crippen molar-refractivity contribution in [3.63, 3.8) is 0 Å². The molecule has 2 N–H and O–H groups in total. The van der Waals surface area contributed by atoms with Crippen molar-refractivity contribution in [1.82, 2.24) is 10.1 Å². The summed E-state index contributed by atoms with van der Waals surface area (Å²) in [7, 11) is 1.70. The van der Waals surface area contributed by atoms with Crippen molar-refractivity contribution in [3.05, 3.63) is 42.2 Å². The third-order valence-corrected chi connectivity index (χ3v) is 3.11. The van der Waals surface area contributed by atoms with Gasteiger partial charge in [-0.05, 0) is 6.92 Å². The molecule has 0 fully saturated rings. The van der Waals surface area contributed by atoms with Crippen molar-refractivity contribution >= 4 is 18.3 Å². The molecule has 6 heteroatoms. The molecule has 1 amide bonds. The number of nitrogens with zero attached hydrogens (tertiary/aromatic N) is 2. The molecular formula is C14H18ClN3O2. The van der Waals surface area contributed by atoms with Crippen LogP contribution >= 0.6 is 12.4 Å². The fourth-order valence-electron chi connectivity index (χ4n) is 1.65. The predicted molar refractivity (Wildman–Crippen MR) is 79.8 cm³/mol. The normalized spacial score (nSPS) is 11.6. The lowest BCUT2D eigenvalue weighted by molar-refractivity contribution is 0.0706. The number of hydrogen-bond acceptors (Lipinski definition) is 4. The number of hydrogen-bond donors (Lipinski definition) is 1. The standard InChI is InChI=1S/C14H17N3O2.ClH/c1-10(9-15)17(2)14(18)13-8-12(16-19-13)11-6-4-3-5-7-11;/h3-8,10H,9,15H2,1-2H3;1H. The summed E-state index contributed by atoms with van der Waals surface area (Å²) in [5.74, 6) is 0.00860. The number of nitrogens with two attached hydrogens (primary N) is 1. The minimum atomic E-state index is -0.215. The molecule has 20 heavy (non-hydrogen) atoms. The number of carbonyl (C=O) groups excluding carboxylic acids is 1. The molecule has 1 heterocycles. The molecule has 1 atom stereocenters. The summed E-state index contributed by atoms with van der Waals surface area (Å²) in [6.07, 6.45) is 0. The number of amides is 1. The van der Waals surface area contributed by atoms with Gasteiger partial charge in [0.05, 0.1) is 0 Å². The van der Waals surface area contributed by atoms with Gasteiger partial charge < -0.3 is 15.2 Å². The van der Waals surface area contributed by atoms with Gasteiger partial charge in [-0.15, -0.1) is 12.4 Å². The van der Waals surface area contributed by atoms with Crippen molar-refractivity contribution < 1.29 is 9.32 Å². The van der Waals surface area contributed by atoms with Gasteiger partial charge in [0.2, 0.25) is 5.76 Å². The minimum absolute atomic E-state index is 0. The zero-order chi connectivity index (χ0) is 13.8. The summed E-state index contributed by atoms with van der Waals surface area (Å²) >= 11 is 0. The molecule has 0 saturated heterocycles. The van der Waals surface area contributed by atoms with Crippen LogP contribution in [0, 0.1) is 0 Å². The van der Waals surface area contributed by atoms with Gasteiger partial charge in [-0.3, -0.25) is 4.79 Å². The molecule has 0 bridgehead atoms. The molecule has 108 valence electrons. The average molecular weight is 296 g/mol. The highest BCUT2D eigenvalue weighted by Gasteiger charge is 2.21. The third kappa shape index (κ3) is 3.37. The van der Waals surface area contributed by atoms with Crippen LogP contribution < -0.4 is 5.73 Å². The molecule has 0 aliphatic rings. The van der Waals surface area contributed by atoms with Crippen LogP contribution in [0.4, 0.5) is 0 Å². The van der Waals surface area contributed by atoms with Gasteiger partial charge in [-0.1, -0.05) is 35.5 Å². The van der Waals surface area contributed by atoms with Crippen molar-refractivity contribution in [2.75, 3.05) is 13.6 Å². The number of rotatable bonds is 4. The van der Waals surface area contributed by atoms with Crippen LogP contribution in [-0.2, 0) is 0 Å². The van der Waals surface area contributed by atoms with Crippen LogP contribution in [-0.4, -0.2) is 35.6 Å². The predicted octanol–water partition coefficient (Wildman–Crippen LogP) is 2.18. The zero-order valence-corrected chi connectivity index (χ0v) is 12.3. The van der Waals surface area contributed by atoms with E-state index < -0.39 is 0 Å². The molecular weight excluding hydrogens is 278 g/mol. The Labute approximate surface area is 124 Å². The molecule has 0 radical (unpaired) electrons. The van der Waals surface area contributed by atoms with Crippen molar-refractivity contribution in [2.45, 2.75) is 13.0 Å². The molecule has 0 saturated carbocycles. The molecule has 0 aliphatic carbocycles. The van der Waals surface area contributed by atoms with Gasteiger partial charge in [0.25, 0.3) is 5.91 Å². The Kier molecular flexibility index (Phi) is 5.73. The topological polar surface area (TPSA) is 72.4 Å². The van der Waals surface area contributed by atoms with E-state index in [2.05, 4.69) is 5.16 Å². The SMILES string of the molecule is CC(CN)N(C)C(=O)c1cc(-c2ccccc2)no1.Cl. The second-order valence-electron chi connectivity index (χ2n) is 4.44. The Morgan fingerprint density at radius 2 is 2.05 bits per heavy atom. The van der Waals surface area contributed by atoms with Gasteiger partial charge in [0.1, 0.15) is 5.69 Å². The third-order valence-electron chi connectivity index (χ3n) is 3.11. The number of carbonyl (C=O) groups is 1. The quantitative estimate of drug-likeness (QED) is 0.938. The Hall–Kier alpha value is -1.85. The van der Waals surface area contributed by atoms with Gasteiger partial charge >= 0.3 is 0 Å². The van der Waals surface area contributed by atoms with Crippen LogP contribution in [0.1, 0.15) is 17.5 Å². The van der Waals surface area contributed by atoms with Crippen molar-refractivity contribution in [3.8, 4) is 11.3 Å². The smallest absolute Gasteiger partial charge is 0.292 e. The lowest BCUT2D eigenvalue weighted by atomic mass is 10.1. The molecule has 1 aromatic heterocycles. The second kappa shape index (κ2) is 7.07. The van der Waals surface area contributed by atoms with E-state index in [0.29, 0.717) is 12.2 Å². The molecule has 2 rings (SSSR count). The number of benzene rings is 1. The van der Waals surface area contributed by atoms with E-state index in [9.17, 15) is 4.79 Å². The van der Waals surface area contributed by atoms with Crippen molar-refractivity contribution in [2.24, 2.45) is 5.73 Å². The fraction of sp³-hybridized carbons (Fsp3) is 0.286. The number of aromatic nitrogens is 1. The minimum Gasteiger partial charge on any atom is -0.350 e. The molecule has 0 spiro atoms. The van der Waals surface area contributed by atoms with E-state index in [1.165, 1.54) is 0 Å². The average Bonchev–Trinajstić information content (AvgIpc) is 2.95. The zero-order valence-electron chi connectivity index (χ0n) is 11.4. The highest BCUT2D eigenvalue weighted by Crippen LogP contribution is 2.19. The van der Waals surface area contributed by atoms with E-state index in [0.717, 1.165) is 5.56 Å². The van der Waals surface area contributed by atoms with Crippen LogP contribution in [0.5, 0.6) is 0 Å². The largest absolute Gasteiger partial charge is 0.350 e. The summed E-state index contributed by atoms with van der Waals surface area (Å²) in [5.41, 5.74) is 7.11. The van der Waals surface area contributed by atoms with Gasteiger partial charge in [0, 0.05) is 31.3 Å². The summed E-state index contributed by atoms with van der Waals surface area (Å²) in [6, 6.07) is 11.2. The first-order valence-corrected chi connectivity index (χ1v) is 6.13. The Bertz CT molecular complexity index is 557. The second-order valence-corrected chi connectivity index (χ2v) is 4.44. The Morgan fingerprint density at radius 3 is 2.65 bits per heavy atom. The molecule has 1 aromatic carbocycles. The van der Waals surface area contributed by atoms with E-state index >= 15 is 0 Å². The maximum Gasteiger partial charge on any atom is 0.292 e. The van der Waals surface area contributed by atoms with E-state index in [-0.39, 0.29) is 30.1 Å². The van der Waals surface area contributed by atoms with Gasteiger partial charge in [-0.2, -0.15) is 0 Å². The molecule has 0 aliphatic heterocycles. The maximum atomic E-state index is 12.1. The number of likely N-dealkylation sites (N-methyl/N-ethyl adjacent to an activating group) is 1. The summed E-state index contributed by atoms with van der Waals surface area (Å²) in [5, 5.41) is 3.92. The monoisotopic (exact) mass is 295 g/mol. The molecule has 1 unspecified atom stereocenters. The van der Waals surface area contributed by atoms with Crippen LogP contribution in [0.2, 0.25) is 0 Å². The van der Waals surface area contributed by atoms with Crippen LogP contribution in [0.3, 0.4) is 0 Å². The van der Waals surface area contributed by atoms with E-state index in [1.807, 2.05) is 37.3 Å². The first kappa shape index (κ1) is 16.2. The first-order chi connectivity index (χ1) is 9.13. The molecule has 2 aromatic rings. The molecule has 5 nitrogen and oxygen atoms in total.